The van der Waals surface area contributed by atoms with Gasteiger partial charge in [0.2, 0.25) is 0 Å². The minimum absolute atomic E-state index is 0.0772. The fraction of sp³-hybridized carbons (Fsp3) is 0.520. The number of hydrogen-bond acceptors (Lipinski definition) is 3. The largest absolute Gasteiger partial charge is 0.452 e. The number of carbonyl (C=O) groups is 2. The molecule has 0 spiro atoms. The molecule has 1 saturated carbocycles. The van der Waals surface area contributed by atoms with Crippen LogP contribution in [0.2, 0.25) is 0 Å². The van der Waals surface area contributed by atoms with Gasteiger partial charge in [0.15, 0.2) is 6.61 Å². The molecule has 0 radical (unpaired) electrons. The molecule has 1 saturated heterocycles. The van der Waals surface area contributed by atoms with E-state index in [1.165, 1.54) is 0 Å². The van der Waals surface area contributed by atoms with Crippen LogP contribution in [0.5, 0.6) is 0 Å². The number of ether oxygens (including phenoxy) is 1. The van der Waals surface area contributed by atoms with E-state index in [-0.39, 0.29) is 29.4 Å². The fourth-order valence-electron chi connectivity index (χ4n) is 5.98. The molecule has 2 aromatic rings. The lowest BCUT2D eigenvalue weighted by Gasteiger charge is -2.39. The van der Waals surface area contributed by atoms with Gasteiger partial charge < -0.3 is 14.2 Å². The Bertz CT molecular complexity index is 976. The molecule has 1 aliphatic heterocycles. The van der Waals surface area contributed by atoms with Crippen LogP contribution >= 0.6 is 0 Å². The molecule has 5 nitrogen and oxygen atoms in total. The fourth-order valence-corrected chi connectivity index (χ4v) is 5.98. The van der Waals surface area contributed by atoms with Crippen LogP contribution in [0.3, 0.4) is 0 Å². The number of aryl methyl sites for hydroxylation is 1. The molecule has 4 rings (SSSR count). The Labute approximate surface area is 179 Å². The van der Waals surface area contributed by atoms with Gasteiger partial charge in [-0.3, -0.25) is 4.79 Å². The topological polar surface area (TPSA) is 51.5 Å². The number of para-hydroxylation sites is 1. The molecule has 2 bridgehead atoms. The van der Waals surface area contributed by atoms with Crippen molar-refractivity contribution < 1.29 is 14.3 Å². The summed E-state index contributed by atoms with van der Waals surface area (Å²) in [7, 11) is 0. The van der Waals surface area contributed by atoms with Gasteiger partial charge in [-0.25, -0.2) is 4.79 Å². The lowest BCUT2D eigenvalue weighted by atomic mass is 9.65. The molecule has 5 heteroatoms. The highest BCUT2D eigenvalue weighted by Gasteiger charge is 2.50. The van der Waals surface area contributed by atoms with Crippen LogP contribution in [0, 0.1) is 24.7 Å². The lowest BCUT2D eigenvalue weighted by molar-refractivity contribution is -0.135. The molecule has 2 aliphatic rings. The van der Waals surface area contributed by atoms with Crippen LogP contribution < -0.4 is 0 Å². The zero-order chi connectivity index (χ0) is 21.7. The molecule has 1 aromatic heterocycles. The Balaban J connectivity index is 1.44. The summed E-state index contributed by atoms with van der Waals surface area (Å²) in [5.74, 6) is -0.515. The van der Waals surface area contributed by atoms with Crippen molar-refractivity contribution in [2.75, 3.05) is 13.2 Å². The monoisotopic (exact) mass is 408 g/mol. The number of carbonyl (C=O) groups excluding carboxylic acids is 2. The Hall–Kier alpha value is -2.56. The Kier molecular flexibility index (Phi) is 5.03. The van der Waals surface area contributed by atoms with Crippen LogP contribution in [0.1, 0.15) is 61.8 Å². The predicted octanol–water partition coefficient (Wildman–Crippen LogP) is 4.68. The third-order valence-corrected chi connectivity index (χ3v) is 6.73. The van der Waals surface area contributed by atoms with Crippen LogP contribution in [0.25, 0.3) is 5.69 Å². The van der Waals surface area contributed by atoms with Crippen LogP contribution in [0.15, 0.2) is 36.4 Å². The van der Waals surface area contributed by atoms with Gasteiger partial charge in [-0.15, -0.1) is 0 Å². The number of benzene rings is 1. The Morgan fingerprint density at radius 1 is 1.10 bits per heavy atom. The van der Waals surface area contributed by atoms with Gasteiger partial charge in [-0.2, -0.15) is 0 Å². The van der Waals surface area contributed by atoms with E-state index in [1.54, 1.807) is 0 Å². The maximum Gasteiger partial charge on any atom is 0.340 e. The summed E-state index contributed by atoms with van der Waals surface area (Å²) in [6, 6.07) is 12.0. The number of likely N-dealkylation sites (tertiary alicyclic amines) is 1. The minimum atomic E-state index is -0.438. The summed E-state index contributed by atoms with van der Waals surface area (Å²) in [5, 5.41) is 0. The quantitative estimate of drug-likeness (QED) is 0.691. The molecule has 1 aliphatic carbocycles. The molecule has 2 unspecified atom stereocenters. The van der Waals surface area contributed by atoms with Crippen LogP contribution in [0.4, 0.5) is 0 Å². The van der Waals surface area contributed by atoms with Crippen molar-refractivity contribution in [1.82, 2.24) is 9.47 Å². The molecule has 160 valence electrons. The van der Waals surface area contributed by atoms with Crippen molar-refractivity contribution in [2.24, 2.45) is 10.8 Å². The summed E-state index contributed by atoms with van der Waals surface area (Å²) >= 11 is 0. The van der Waals surface area contributed by atoms with Crippen molar-refractivity contribution in [2.45, 2.75) is 59.9 Å². The third kappa shape index (κ3) is 3.78. The summed E-state index contributed by atoms with van der Waals surface area (Å²) in [6.07, 6.45) is 3.19. The average molecular weight is 409 g/mol. The van der Waals surface area contributed by atoms with Gasteiger partial charge in [0, 0.05) is 29.7 Å². The van der Waals surface area contributed by atoms with Crippen LogP contribution in [-0.4, -0.2) is 40.5 Å². The molecular weight excluding hydrogens is 376 g/mol. The summed E-state index contributed by atoms with van der Waals surface area (Å²) in [5.41, 5.74) is 3.72. The van der Waals surface area contributed by atoms with E-state index in [0.717, 1.165) is 42.9 Å². The van der Waals surface area contributed by atoms with E-state index in [2.05, 4.69) is 20.8 Å². The second kappa shape index (κ2) is 7.29. The minimum Gasteiger partial charge on any atom is -0.452 e. The predicted molar refractivity (Wildman–Crippen MR) is 117 cm³/mol. The summed E-state index contributed by atoms with van der Waals surface area (Å²) in [6.45, 7) is 11.3. The maximum absolute atomic E-state index is 12.9. The van der Waals surface area contributed by atoms with Gasteiger partial charge in [-0.05, 0) is 62.1 Å². The van der Waals surface area contributed by atoms with E-state index < -0.39 is 5.97 Å². The van der Waals surface area contributed by atoms with Crippen molar-refractivity contribution in [3.63, 3.8) is 0 Å². The number of esters is 1. The Morgan fingerprint density at radius 3 is 2.50 bits per heavy atom. The number of rotatable bonds is 4. The second-order valence-corrected chi connectivity index (χ2v) is 10.3. The normalized spacial score (nSPS) is 24.7. The van der Waals surface area contributed by atoms with Gasteiger partial charge >= 0.3 is 5.97 Å². The highest BCUT2D eigenvalue weighted by atomic mass is 16.5. The standard InChI is InChI=1S/C25H32N2O3/c1-17-11-21(18(2)27(17)19-9-7-6-8-10-19)23(29)30-14-22(28)26-16-25(5)13-20(26)12-24(3,4)15-25/h6-11,20H,12-16H2,1-5H3. The van der Waals surface area contributed by atoms with Gasteiger partial charge in [0.1, 0.15) is 0 Å². The summed E-state index contributed by atoms with van der Waals surface area (Å²) < 4.78 is 7.51. The molecule has 30 heavy (non-hydrogen) atoms. The lowest BCUT2D eigenvalue weighted by Crippen LogP contribution is -2.39. The SMILES string of the molecule is Cc1cc(C(=O)OCC(=O)N2CC3(C)CC2CC(C)(C)C3)c(C)n1-c1ccccc1. The van der Waals surface area contributed by atoms with Crippen LogP contribution in [-0.2, 0) is 9.53 Å². The van der Waals surface area contributed by atoms with E-state index >= 15 is 0 Å². The molecule has 0 N–H and O–H groups in total. The maximum atomic E-state index is 12.9. The van der Waals surface area contributed by atoms with E-state index in [4.69, 9.17) is 4.74 Å². The Morgan fingerprint density at radius 2 is 1.80 bits per heavy atom. The van der Waals surface area contributed by atoms with E-state index in [1.807, 2.05) is 59.7 Å². The zero-order valence-electron chi connectivity index (χ0n) is 18.7. The number of aromatic nitrogens is 1. The number of hydrogen-bond donors (Lipinski definition) is 0. The number of fused-ring (bicyclic) bond motifs is 2. The van der Waals surface area contributed by atoms with Gasteiger partial charge in [0.25, 0.3) is 5.91 Å². The van der Waals surface area contributed by atoms with Crippen molar-refractivity contribution >= 4 is 11.9 Å². The zero-order valence-corrected chi connectivity index (χ0v) is 18.7. The summed E-state index contributed by atoms with van der Waals surface area (Å²) in [4.78, 5) is 27.6. The molecule has 1 aromatic carbocycles. The highest BCUT2D eigenvalue weighted by molar-refractivity contribution is 5.93. The average Bonchev–Trinajstić information content (AvgIpc) is 3.11. The van der Waals surface area contributed by atoms with Gasteiger partial charge in [0.05, 0.1) is 5.56 Å². The van der Waals surface area contributed by atoms with Crippen molar-refractivity contribution in [3.05, 3.63) is 53.3 Å². The first kappa shape index (κ1) is 20.7. The molecule has 1 amide bonds. The molecule has 2 fully saturated rings. The van der Waals surface area contributed by atoms with E-state index in [0.29, 0.717) is 5.56 Å². The van der Waals surface area contributed by atoms with Crippen molar-refractivity contribution in [3.8, 4) is 5.69 Å². The first-order valence-electron chi connectivity index (χ1n) is 10.8. The smallest absolute Gasteiger partial charge is 0.340 e. The first-order chi connectivity index (χ1) is 14.1. The number of amides is 1. The van der Waals surface area contributed by atoms with E-state index in [9.17, 15) is 9.59 Å². The second-order valence-electron chi connectivity index (χ2n) is 10.3. The van der Waals surface area contributed by atoms with Gasteiger partial charge in [-0.1, -0.05) is 39.0 Å². The third-order valence-electron chi connectivity index (χ3n) is 6.73. The molecule has 2 heterocycles. The highest BCUT2D eigenvalue weighted by Crippen LogP contribution is 2.52. The molecular formula is C25H32N2O3. The molecule has 2 atom stereocenters. The number of nitrogens with zero attached hydrogens (tertiary/aromatic N) is 2. The first-order valence-corrected chi connectivity index (χ1v) is 10.8. The van der Waals surface area contributed by atoms with Crippen molar-refractivity contribution in [1.29, 1.82) is 0 Å².